The third-order valence-corrected chi connectivity index (χ3v) is 3.36. The molecule has 0 spiro atoms. The number of rotatable bonds is 7. The standard InChI is InChI=1S/C14H25N3O2/c1-6-12(4)17-8-7-13(15-17)9-16(11(2)3)10-14(18)19-5/h7-8,11-12H,6,9-10H2,1-5H3. The summed E-state index contributed by atoms with van der Waals surface area (Å²) in [7, 11) is 1.42. The van der Waals surface area contributed by atoms with Gasteiger partial charge in [0.1, 0.15) is 0 Å². The summed E-state index contributed by atoms with van der Waals surface area (Å²) in [5.74, 6) is -0.213. The van der Waals surface area contributed by atoms with Gasteiger partial charge in [-0.15, -0.1) is 0 Å². The van der Waals surface area contributed by atoms with E-state index in [0.29, 0.717) is 19.1 Å². The highest BCUT2D eigenvalue weighted by Crippen LogP contribution is 2.11. The molecular weight excluding hydrogens is 242 g/mol. The number of carbonyl (C=O) groups excluding carboxylic acids is 1. The fourth-order valence-corrected chi connectivity index (χ4v) is 1.75. The number of nitrogens with zero attached hydrogens (tertiary/aromatic N) is 3. The van der Waals surface area contributed by atoms with Crippen molar-refractivity contribution < 1.29 is 9.53 Å². The summed E-state index contributed by atoms with van der Waals surface area (Å²) in [6, 6.07) is 2.69. The normalized spacial score (nSPS) is 13.0. The van der Waals surface area contributed by atoms with Gasteiger partial charge < -0.3 is 4.74 Å². The molecule has 1 aromatic heterocycles. The molecule has 108 valence electrons. The second-order valence-electron chi connectivity index (χ2n) is 5.12. The Morgan fingerprint density at radius 2 is 2.16 bits per heavy atom. The Kier molecular flexibility index (Phi) is 6.02. The van der Waals surface area contributed by atoms with Crippen molar-refractivity contribution in [3.63, 3.8) is 0 Å². The number of methoxy groups -OCH3 is 1. The third kappa shape index (κ3) is 4.67. The molecule has 1 rings (SSSR count). The van der Waals surface area contributed by atoms with Crippen LogP contribution < -0.4 is 0 Å². The molecule has 1 atom stereocenters. The largest absolute Gasteiger partial charge is 0.468 e. The van der Waals surface area contributed by atoms with E-state index in [4.69, 9.17) is 4.74 Å². The fraction of sp³-hybridized carbons (Fsp3) is 0.714. The van der Waals surface area contributed by atoms with Crippen LogP contribution in [0.5, 0.6) is 0 Å². The average Bonchev–Trinajstić information content (AvgIpc) is 2.85. The Hall–Kier alpha value is -1.36. The Balaban J connectivity index is 2.68. The molecule has 0 aromatic carbocycles. The second-order valence-corrected chi connectivity index (χ2v) is 5.12. The van der Waals surface area contributed by atoms with Gasteiger partial charge in [-0.05, 0) is 33.3 Å². The third-order valence-electron chi connectivity index (χ3n) is 3.36. The maximum Gasteiger partial charge on any atom is 0.319 e. The van der Waals surface area contributed by atoms with Crippen molar-refractivity contribution in [2.24, 2.45) is 0 Å². The van der Waals surface area contributed by atoms with Crippen molar-refractivity contribution >= 4 is 5.97 Å². The zero-order valence-electron chi connectivity index (χ0n) is 12.6. The molecule has 0 aliphatic carbocycles. The first kappa shape index (κ1) is 15.7. The van der Waals surface area contributed by atoms with Crippen LogP contribution in [0.15, 0.2) is 12.3 Å². The lowest BCUT2D eigenvalue weighted by Gasteiger charge is -2.24. The van der Waals surface area contributed by atoms with Crippen LogP contribution >= 0.6 is 0 Å². The van der Waals surface area contributed by atoms with E-state index >= 15 is 0 Å². The van der Waals surface area contributed by atoms with Gasteiger partial charge in [0.15, 0.2) is 0 Å². The Morgan fingerprint density at radius 1 is 1.47 bits per heavy atom. The first-order valence-electron chi connectivity index (χ1n) is 6.82. The molecule has 0 fully saturated rings. The maximum absolute atomic E-state index is 11.4. The first-order chi connectivity index (χ1) is 8.97. The van der Waals surface area contributed by atoms with Crippen molar-refractivity contribution in [3.05, 3.63) is 18.0 Å². The minimum Gasteiger partial charge on any atom is -0.468 e. The molecule has 0 saturated heterocycles. The number of aromatic nitrogens is 2. The van der Waals surface area contributed by atoms with Crippen LogP contribution in [0.25, 0.3) is 0 Å². The quantitative estimate of drug-likeness (QED) is 0.711. The van der Waals surface area contributed by atoms with E-state index in [-0.39, 0.29) is 12.0 Å². The predicted molar refractivity (Wildman–Crippen MR) is 74.8 cm³/mol. The smallest absolute Gasteiger partial charge is 0.319 e. The highest BCUT2D eigenvalue weighted by molar-refractivity contribution is 5.71. The van der Waals surface area contributed by atoms with Crippen molar-refractivity contribution in [1.29, 1.82) is 0 Å². The molecule has 0 bridgehead atoms. The minimum atomic E-state index is -0.213. The number of hydrogen-bond donors (Lipinski definition) is 0. The first-order valence-corrected chi connectivity index (χ1v) is 6.82. The van der Waals surface area contributed by atoms with Gasteiger partial charge in [0, 0.05) is 24.8 Å². The summed E-state index contributed by atoms with van der Waals surface area (Å²) >= 11 is 0. The Labute approximate surface area is 115 Å². The molecule has 5 heteroatoms. The molecule has 0 N–H and O–H groups in total. The van der Waals surface area contributed by atoms with E-state index in [1.54, 1.807) is 0 Å². The summed E-state index contributed by atoms with van der Waals surface area (Å²) < 4.78 is 6.70. The van der Waals surface area contributed by atoms with Gasteiger partial charge in [-0.2, -0.15) is 5.10 Å². The molecular formula is C14H25N3O2. The van der Waals surface area contributed by atoms with E-state index in [1.807, 2.05) is 16.9 Å². The van der Waals surface area contributed by atoms with Gasteiger partial charge in [0.05, 0.1) is 19.3 Å². The topological polar surface area (TPSA) is 47.4 Å². The monoisotopic (exact) mass is 267 g/mol. The van der Waals surface area contributed by atoms with Crippen LogP contribution in [0.4, 0.5) is 0 Å². The summed E-state index contributed by atoms with van der Waals surface area (Å²) in [6.07, 6.45) is 3.05. The van der Waals surface area contributed by atoms with Gasteiger partial charge in [0.2, 0.25) is 0 Å². The number of carbonyl (C=O) groups is 1. The van der Waals surface area contributed by atoms with Crippen LogP contribution in [0, 0.1) is 0 Å². The number of hydrogen-bond acceptors (Lipinski definition) is 4. The van der Waals surface area contributed by atoms with Crippen molar-refractivity contribution in [3.8, 4) is 0 Å². The fourth-order valence-electron chi connectivity index (χ4n) is 1.75. The van der Waals surface area contributed by atoms with Crippen LogP contribution in [0.2, 0.25) is 0 Å². The van der Waals surface area contributed by atoms with Gasteiger partial charge in [-0.3, -0.25) is 14.4 Å². The summed E-state index contributed by atoms with van der Waals surface area (Å²) in [4.78, 5) is 13.4. The molecule has 0 radical (unpaired) electrons. The van der Waals surface area contributed by atoms with E-state index in [2.05, 4.69) is 37.7 Å². The lowest BCUT2D eigenvalue weighted by Crippen LogP contribution is -2.35. The highest BCUT2D eigenvalue weighted by Gasteiger charge is 2.16. The van der Waals surface area contributed by atoms with Crippen LogP contribution in [-0.4, -0.2) is 40.3 Å². The van der Waals surface area contributed by atoms with Crippen LogP contribution in [0.3, 0.4) is 0 Å². The zero-order chi connectivity index (χ0) is 14.4. The highest BCUT2D eigenvalue weighted by atomic mass is 16.5. The van der Waals surface area contributed by atoms with E-state index in [0.717, 1.165) is 12.1 Å². The number of esters is 1. The summed E-state index contributed by atoms with van der Waals surface area (Å²) in [5, 5.41) is 4.56. The molecule has 0 saturated carbocycles. The van der Waals surface area contributed by atoms with Gasteiger partial charge in [-0.1, -0.05) is 6.92 Å². The maximum atomic E-state index is 11.4. The summed E-state index contributed by atoms with van der Waals surface area (Å²) in [5.41, 5.74) is 0.984. The van der Waals surface area contributed by atoms with Crippen molar-refractivity contribution in [2.75, 3.05) is 13.7 Å². The molecule has 5 nitrogen and oxygen atoms in total. The molecule has 0 aliphatic rings. The van der Waals surface area contributed by atoms with E-state index in [1.165, 1.54) is 7.11 Å². The molecule has 1 aromatic rings. The van der Waals surface area contributed by atoms with Gasteiger partial charge in [-0.25, -0.2) is 0 Å². The minimum absolute atomic E-state index is 0.213. The molecule has 0 amide bonds. The lowest BCUT2D eigenvalue weighted by molar-refractivity contribution is -0.142. The SMILES string of the molecule is CCC(C)n1ccc(CN(CC(=O)OC)C(C)C)n1. The van der Waals surface area contributed by atoms with Gasteiger partial charge >= 0.3 is 5.97 Å². The second kappa shape index (κ2) is 7.28. The average molecular weight is 267 g/mol. The predicted octanol–water partition coefficient (Wildman–Crippen LogP) is 2.24. The molecule has 19 heavy (non-hydrogen) atoms. The number of ether oxygens (including phenoxy) is 1. The Morgan fingerprint density at radius 3 is 2.68 bits per heavy atom. The lowest BCUT2D eigenvalue weighted by atomic mass is 10.3. The zero-order valence-corrected chi connectivity index (χ0v) is 12.6. The van der Waals surface area contributed by atoms with Gasteiger partial charge in [0.25, 0.3) is 0 Å². The summed E-state index contributed by atoms with van der Waals surface area (Å²) in [6.45, 7) is 9.37. The molecule has 0 aliphatic heterocycles. The van der Waals surface area contributed by atoms with Crippen molar-refractivity contribution in [1.82, 2.24) is 14.7 Å². The van der Waals surface area contributed by atoms with Crippen molar-refractivity contribution in [2.45, 2.75) is 52.7 Å². The van der Waals surface area contributed by atoms with Crippen LogP contribution in [-0.2, 0) is 16.1 Å². The van der Waals surface area contributed by atoms with Crippen LogP contribution in [0.1, 0.15) is 45.9 Å². The van der Waals surface area contributed by atoms with E-state index in [9.17, 15) is 4.79 Å². The van der Waals surface area contributed by atoms with E-state index < -0.39 is 0 Å². The Bertz CT molecular complexity index is 401. The molecule has 1 heterocycles. The molecule has 1 unspecified atom stereocenters.